The van der Waals surface area contributed by atoms with Crippen LogP contribution in [0.2, 0.25) is 5.02 Å². The highest BCUT2D eigenvalue weighted by molar-refractivity contribution is 9.08. The van der Waals surface area contributed by atoms with Crippen LogP contribution in [0.3, 0.4) is 0 Å². The summed E-state index contributed by atoms with van der Waals surface area (Å²) < 4.78 is 13.5. The van der Waals surface area contributed by atoms with Crippen LogP contribution in [0.15, 0.2) is 23.6 Å². The van der Waals surface area contributed by atoms with Crippen molar-refractivity contribution < 1.29 is 4.39 Å². The second kappa shape index (κ2) is 4.60. The van der Waals surface area contributed by atoms with Crippen LogP contribution in [-0.4, -0.2) is 4.98 Å². The molecule has 0 N–H and O–H groups in total. The maximum atomic E-state index is 13.5. The van der Waals surface area contributed by atoms with E-state index in [1.165, 1.54) is 23.5 Å². The van der Waals surface area contributed by atoms with Gasteiger partial charge in [-0.05, 0) is 18.2 Å². The third-order valence-electron chi connectivity index (χ3n) is 1.87. The molecule has 0 unspecified atom stereocenters. The first-order valence-corrected chi connectivity index (χ1v) is 6.54. The van der Waals surface area contributed by atoms with E-state index in [0.29, 0.717) is 21.6 Å². The average Bonchev–Trinajstić information content (AvgIpc) is 2.70. The molecule has 1 aromatic carbocycles. The number of hydrogen-bond donors (Lipinski definition) is 0. The van der Waals surface area contributed by atoms with Crippen molar-refractivity contribution in [3.63, 3.8) is 0 Å². The largest absolute Gasteiger partial charge is 0.240 e. The van der Waals surface area contributed by atoms with E-state index in [4.69, 9.17) is 11.6 Å². The lowest BCUT2D eigenvalue weighted by Gasteiger charge is -1.99. The summed E-state index contributed by atoms with van der Waals surface area (Å²) in [6.07, 6.45) is 0. The maximum absolute atomic E-state index is 13.5. The fourth-order valence-corrected chi connectivity index (χ4v) is 2.53. The minimum atomic E-state index is -0.300. The number of benzene rings is 1. The molecular formula is C10H6BrClFNS. The molecule has 1 heterocycles. The predicted octanol–water partition coefficient (Wildman–Crippen LogP) is 4.50. The summed E-state index contributed by atoms with van der Waals surface area (Å²) in [5, 5.41) is 3.94. The third kappa shape index (κ3) is 2.38. The van der Waals surface area contributed by atoms with Crippen molar-refractivity contribution in [2.24, 2.45) is 0 Å². The zero-order valence-corrected chi connectivity index (χ0v) is 10.7. The van der Waals surface area contributed by atoms with Crippen LogP contribution in [0.25, 0.3) is 11.3 Å². The highest BCUT2D eigenvalue weighted by Crippen LogP contribution is 2.27. The fourth-order valence-electron chi connectivity index (χ4n) is 1.19. The van der Waals surface area contributed by atoms with Gasteiger partial charge in [0.05, 0.1) is 11.0 Å². The average molecular weight is 307 g/mol. The molecule has 0 saturated heterocycles. The van der Waals surface area contributed by atoms with E-state index >= 15 is 0 Å². The predicted molar refractivity (Wildman–Crippen MR) is 65.1 cm³/mol. The molecule has 2 rings (SSSR count). The molecule has 78 valence electrons. The standard InChI is InChI=1S/C10H6BrClFNS/c11-4-10-14-9(5-15-10)7-3-6(12)1-2-8(7)13/h1-3,5H,4H2. The van der Waals surface area contributed by atoms with Gasteiger partial charge in [-0.2, -0.15) is 0 Å². The van der Waals surface area contributed by atoms with Gasteiger partial charge in [0.1, 0.15) is 10.8 Å². The van der Waals surface area contributed by atoms with E-state index in [0.717, 1.165) is 5.01 Å². The van der Waals surface area contributed by atoms with E-state index in [1.807, 2.05) is 5.38 Å². The van der Waals surface area contributed by atoms with Crippen LogP contribution in [0.5, 0.6) is 0 Å². The van der Waals surface area contributed by atoms with E-state index in [1.54, 1.807) is 6.07 Å². The lowest BCUT2D eigenvalue weighted by atomic mass is 10.1. The van der Waals surface area contributed by atoms with Gasteiger partial charge in [0.2, 0.25) is 0 Å². The number of hydrogen-bond acceptors (Lipinski definition) is 2. The van der Waals surface area contributed by atoms with Crippen LogP contribution < -0.4 is 0 Å². The van der Waals surface area contributed by atoms with E-state index in [9.17, 15) is 4.39 Å². The Kier molecular flexibility index (Phi) is 3.38. The van der Waals surface area contributed by atoms with Gasteiger partial charge >= 0.3 is 0 Å². The summed E-state index contributed by atoms with van der Waals surface area (Å²) in [6, 6.07) is 4.47. The van der Waals surface area contributed by atoms with Crippen molar-refractivity contribution in [1.29, 1.82) is 0 Å². The summed E-state index contributed by atoms with van der Waals surface area (Å²) in [6.45, 7) is 0. The third-order valence-corrected chi connectivity index (χ3v) is 3.86. The zero-order chi connectivity index (χ0) is 10.8. The maximum Gasteiger partial charge on any atom is 0.132 e. The SMILES string of the molecule is Fc1ccc(Cl)cc1-c1csc(CBr)n1. The summed E-state index contributed by atoms with van der Waals surface area (Å²) in [4.78, 5) is 4.27. The molecule has 2 aromatic rings. The Morgan fingerprint density at radius 3 is 2.93 bits per heavy atom. The molecule has 1 nitrogen and oxygen atoms in total. The number of alkyl halides is 1. The number of thiazole rings is 1. The van der Waals surface area contributed by atoms with E-state index in [2.05, 4.69) is 20.9 Å². The Morgan fingerprint density at radius 1 is 1.47 bits per heavy atom. The van der Waals surface area contributed by atoms with Crippen molar-refractivity contribution in [2.75, 3.05) is 0 Å². The van der Waals surface area contributed by atoms with Crippen molar-refractivity contribution in [1.82, 2.24) is 4.98 Å². The second-order valence-electron chi connectivity index (χ2n) is 2.88. The highest BCUT2D eigenvalue weighted by Gasteiger charge is 2.09. The van der Waals surface area contributed by atoms with Gasteiger partial charge in [-0.15, -0.1) is 11.3 Å². The van der Waals surface area contributed by atoms with Gasteiger partial charge in [0.25, 0.3) is 0 Å². The van der Waals surface area contributed by atoms with Gasteiger partial charge in [-0.1, -0.05) is 27.5 Å². The minimum Gasteiger partial charge on any atom is -0.240 e. The number of halogens is 3. The van der Waals surface area contributed by atoms with E-state index in [-0.39, 0.29) is 5.82 Å². The van der Waals surface area contributed by atoms with Gasteiger partial charge in [-0.3, -0.25) is 0 Å². The molecule has 0 atom stereocenters. The summed E-state index contributed by atoms with van der Waals surface area (Å²) in [5.74, 6) is -0.300. The number of rotatable bonds is 2. The first-order valence-electron chi connectivity index (χ1n) is 4.16. The Morgan fingerprint density at radius 2 is 2.27 bits per heavy atom. The molecule has 0 amide bonds. The van der Waals surface area contributed by atoms with Crippen LogP contribution in [0, 0.1) is 5.82 Å². The molecule has 5 heteroatoms. The van der Waals surface area contributed by atoms with Crippen molar-refractivity contribution >= 4 is 38.9 Å². The van der Waals surface area contributed by atoms with Gasteiger partial charge < -0.3 is 0 Å². The normalized spacial score (nSPS) is 10.6. The Bertz CT molecular complexity index is 486. The molecule has 0 saturated carbocycles. The Labute approximate surface area is 104 Å². The Hall–Kier alpha value is -0.450. The molecule has 0 radical (unpaired) electrons. The van der Waals surface area contributed by atoms with Gasteiger partial charge in [0, 0.05) is 16.0 Å². The molecular weight excluding hydrogens is 301 g/mol. The molecule has 0 aliphatic heterocycles. The fraction of sp³-hybridized carbons (Fsp3) is 0.100. The molecule has 0 aliphatic rings. The smallest absolute Gasteiger partial charge is 0.132 e. The summed E-state index contributed by atoms with van der Waals surface area (Å²) >= 11 is 10.6. The van der Waals surface area contributed by atoms with Gasteiger partial charge in [0.15, 0.2) is 0 Å². The van der Waals surface area contributed by atoms with Crippen LogP contribution in [0.1, 0.15) is 5.01 Å². The Balaban J connectivity index is 2.48. The summed E-state index contributed by atoms with van der Waals surface area (Å²) in [5.41, 5.74) is 1.08. The van der Waals surface area contributed by atoms with Crippen LogP contribution >= 0.6 is 38.9 Å². The molecule has 0 bridgehead atoms. The quantitative estimate of drug-likeness (QED) is 0.745. The summed E-state index contributed by atoms with van der Waals surface area (Å²) in [7, 11) is 0. The highest BCUT2D eigenvalue weighted by atomic mass is 79.9. The first kappa shape index (κ1) is 11.0. The molecule has 0 aliphatic carbocycles. The lowest BCUT2D eigenvalue weighted by Crippen LogP contribution is -1.85. The van der Waals surface area contributed by atoms with Crippen LogP contribution in [-0.2, 0) is 5.33 Å². The first-order chi connectivity index (χ1) is 7.20. The van der Waals surface area contributed by atoms with Crippen molar-refractivity contribution in [3.8, 4) is 11.3 Å². The van der Waals surface area contributed by atoms with Crippen molar-refractivity contribution in [3.05, 3.63) is 39.4 Å². The molecule has 0 fully saturated rings. The zero-order valence-electron chi connectivity index (χ0n) is 7.51. The second-order valence-corrected chi connectivity index (χ2v) is 4.82. The molecule has 0 spiro atoms. The number of nitrogens with zero attached hydrogens (tertiary/aromatic N) is 1. The number of aromatic nitrogens is 1. The molecule has 15 heavy (non-hydrogen) atoms. The van der Waals surface area contributed by atoms with Crippen molar-refractivity contribution in [2.45, 2.75) is 5.33 Å². The monoisotopic (exact) mass is 305 g/mol. The van der Waals surface area contributed by atoms with E-state index < -0.39 is 0 Å². The topological polar surface area (TPSA) is 12.9 Å². The van der Waals surface area contributed by atoms with Crippen LogP contribution in [0.4, 0.5) is 4.39 Å². The van der Waals surface area contributed by atoms with Gasteiger partial charge in [-0.25, -0.2) is 9.37 Å². The lowest BCUT2D eigenvalue weighted by molar-refractivity contribution is 0.631. The minimum absolute atomic E-state index is 0.300. The molecule has 1 aromatic heterocycles.